The van der Waals surface area contributed by atoms with Crippen LogP contribution in [-0.2, 0) is 0 Å². The van der Waals surface area contributed by atoms with Gasteiger partial charge >= 0.3 is 0 Å². The molecule has 0 bridgehead atoms. The predicted octanol–water partition coefficient (Wildman–Crippen LogP) is 3.92. The number of carbonyl (C=O) groups is 1. The fourth-order valence-corrected chi connectivity index (χ4v) is 3.14. The number of benzene rings is 1. The van der Waals surface area contributed by atoms with E-state index in [9.17, 15) is 4.79 Å². The van der Waals surface area contributed by atoms with Gasteiger partial charge in [0.05, 0.1) is 12.4 Å². The van der Waals surface area contributed by atoms with Crippen molar-refractivity contribution in [3.05, 3.63) is 46.3 Å². The van der Waals surface area contributed by atoms with Gasteiger partial charge < -0.3 is 10.2 Å². The normalized spacial score (nSPS) is 14.6. The van der Waals surface area contributed by atoms with Crippen LogP contribution in [0.15, 0.2) is 35.1 Å². The van der Waals surface area contributed by atoms with E-state index in [4.69, 9.17) is 0 Å². The maximum atomic E-state index is 12.4. The van der Waals surface area contributed by atoms with E-state index < -0.39 is 0 Å². The van der Waals surface area contributed by atoms with Gasteiger partial charge in [-0.1, -0.05) is 15.9 Å². The Morgan fingerprint density at radius 3 is 2.61 bits per heavy atom. The average molecular weight is 375 g/mol. The Labute approximate surface area is 144 Å². The number of likely N-dealkylation sites (tertiary alicyclic amines) is 1. The molecule has 0 saturated carbocycles. The number of aryl methyl sites for hydroxylation is 1. The molecule has 23 heavy (non-hydrogen) atoms. The van der Waals surface area contributed by atoms with Crippen LogP contribution >= 0.6 is 15.9 Å². The van der Waals surface area contributed by atoms with Crippen LogP contribution in [0.1, 0.15) is 35.3 Å². The van der Waals surface area contributed by atoms with E-state index >= 15 is 0 Å². The maximum Gasteiger partial charge on any atom is 0.274 e. The fourth-order valence-electron chi connectivity index (χ4n) is 2.67. The van der Waals surface area contributed by atoms with Crippen LogP contribution in [0.2, 0.25) is 0 Å². The lowest BCUT2D eigenvalue weighted by atomic mass is 10.1. The summed E-state index contributed by atoms with van der Waals surface area (Å²) < 4.78 is 1.04. The van der Waals surface area contributed by atoms with Crippen LogP contribution in [0.5, 0.6) is 0 Å². The van der Waals surface area contributed by atoms with Gasteiger partial charge in [-0.15, -0.1) is 0 Å². The number of rotatable bonds is 3. The van der Waals surface area contributed by atoms with Crippen LogP contribution in [-0.4, -0.2) is 33.9 Å². The molecule has 0 atom stereocenters. The number of halogens is 1. The minimum absolute atomic E-state index is 0.0245. The topological polar surface area (TPSA) is 58.1 Å². The molecule has 1 aromatic heterocycles. The van der Waals surface area contributed by atoms with Crippen LogP contribution in [0.3, 0.4) is 0 Å². The highest BCUT2D eigenvalue weighted by atomic mass is 79.9. The molecule has 2 aromatic rings. The third-order valence-electron chi connectivity index (χ3n) is 3.97. The quantitative estimate of drug-likeness (QED) is 0.884. The summed E-state index contributed by atoms with van der Waals surface area (Å²) >= 11 is 3.45. The Bertz CT molecular complexity index is 696. The standard InChI is InChI=1S/C17H19BrN4O/c1-12-9-13(18)5-6-14(12)21-16-11-19-15(10-20-16)17(23)22-7-3-2-4-8-22/h5-6,9-11H,2-4,7-8H2,1H3,(H,20,21). The van der Waals surface area contributed by atoms with E-state index in [0.717, 1.165) is 41.7 Å². The molecule has 0 aliphatic carbocycles. The first-order valence-corrected chi connectivity index (χ1v) is 8.57. The molecule has 1 aliphatic rings. The maximum absolute atomic E-state index is 12.4. The lowest BCUT2D eigenvalue weighted by Gasteiger charge is -2.26. The van der Waals surface area contributed by atoms with Crippen molar-refractivity contribution in [3.63, 3.8) is 0 Å². The Morgan fingerprint density at radius 2 is 1.96 bits per heavy atom. The molecular weight excluding hydrogens is 356 g/mol. The van der Waals surface area contributed by atoms with Crippen molar-refractivity contribution >= 4 is 33.3 Å². The van der Waals surface area contributed by atoms with Crippen molar-refractivity contribution in [1.82, 2.24) is 14.9 Å². The van der Waals surface area contributed by atoms with Crippen molar-refractivity contribution in [1.29, 1.82) is 0 Å². The molecule has 120 valence electrons. The minimum Gasteiger partial charge on any atom is -0.339 e. The fraction of sp³-hybridized carbons (Fsp3) is 0.353. The van der Waals surface area contributed by atoms with E-state index in [-0.39, 0.29) is 5.91 Å². The van der Waals surface area contributed by atoms with Crippen LogP contribution in [0.25, 0.3) is 0 Å². The summed E-state index contributed by atoms with van der Waals surface area (Å²) in [6.07, 6.45) is 6.50. The number of aromatic nitrogens is 2. The summed E-state index contributed by atoms with van der Waals surface area (Å²) in [5, 5.41) is 3.23. The molecule has 0 spiro atoms. The van der Waals surface area contributed by atoms with Gasteiger partial charge in [0, 0.05) is 23.2 Å². The van der Waals surface area contributed by atoms with Crippen LogP contribution in [0.4, 0.5) is 11.5 Å². The molecular formula is C17H19BrN4O. The zero-order chi connectivity index (χ0) is 16.2. The van der Waals surface area contributed by atoms with Crippen molar-refractivity contribution in [2.75, 3.05) is 18.4 Å². The monoisotopic (exact) mass is 374 g/mol. The van der Waals surface area contributed by atoms with Gasteiger partial charge in [0.25, 0.3) is 5.91 Å². The first-order valence-electron chi connectivity index (χ1n) is 7.78. The van der Waals surface area contributed by atoms with Gasteiger partial charge in [0.1, 0.15) is 11.5 Å². The molecule has 1 fully saturated rings. The summed E-state index contributed by atoms with van der Waals surface area (Å²) in [5.41, 5.74) is 2.48. The first-order chi connectivity index (χ1) is 11.1. The molecule has 1 saturated heterocycles. The number of anilines is 2. The minimum atomic E-state index is -0.0245. The lowest BCUT2D eigenvalue weighted by molar-refractivity contribution is 0.0718. The molecule has 0 radical (unpaired) electrons. The Kier molecular flexibility index (Phi) is 4.91. The highest BCUT2D eigenvalue weighted by Crippen LogP contribution is 2.22. The third-order valence-corrected chi connectivity index (χ3v) is 4.46. The Morgan fingerprint density at radius 1 is 1.17 bits per heavy atom. The average Bonchev–Trinajstić information content (AvgIpc) is 2.58. The number of carbonyl (C=O) groups excluding carboxylic acids is 1. The second-order valence-corrected chi connectivity index (χ2v) is 6.64. The summed E-state index contributed by atoms with van der Waals surface area (Å²) in [6, 6.07) is 5.98. The van der Waals surface area contributed by atoms with E-state index in [1.807, 2.05) is 30.0 Å². The number of hydrogen-bond donors (Lipinski definition) is 1. The summed E-state index contributed by atoms with van der Waals surface area (Å²) in [4.78, 5) is 22.8. The number of amides is 1. The van der Waals surface area contributed by atoms with E-state index in [2.05, 4.69) is 31.2 Å². The molecule has 5 nitrogen and oxygen atoms in total. The van der Waals surface area contributed by atoms with Gasteiger partial charge in [-0.05, 0) is 49.9 Å². The molecule has 2 heterocycles. The summed E-state index contributed by atoms with van der Waals surface area (Å²) in [7, 11) is 0. The second-order valence-electron chi connectivity index (χ2n) is 5.72. The molecule has 1 N–H and O–H groups in total. The second kappa shape index (κ2) is 7.08. The largest absolute Gasteiger partial charge is 0.339 e. The van der Waals surface area contributed by atoms with Gasteiger partial charge in [-0.2, -0.15) is 0 Å². The SMILES string of the molecule is Cc1cc(Br)ccc1Nc1cnc(C(=O)N2CCCCC2)cn1. The van der Waals surface area contributed by atoms with E-state index in [0.29, 0.717) is 11.5 Å². The number of piperidine rings is 1. The first kappa shape index (κ1) is 15.9. The van der Waals surface area contributed by atoms with Crippen LogP contribution < -0.4 is 5.32 Å². The molecule has 1 aliphatic heterocycles. The molecule has 1 aromatic carbocycles. The third kappa shape index (κ3) is 3.88. The zero-order valence-electron chi connectivity index (χ0n) is 13.1. The summed E-state index contributed by atoms with van der Waals surface area (Å²) in [5.74, 6) is 0.606. The van der Waals surface area contributed by atoms with Crippen molar-refractivity contribution in [2.24, 2.45) is 0 Å². The van der Waals surface area contributed by atoms with Crippen molar-refractivity contribution in [2.45, 2.75) is 26.2 Å². The van der Waals surface area contributed by atoms with Gasteiger partial charge in [-0.3, -0.25) is 4.79 Å². The zero-order valence-corrected chi connectivity index (χ0v) is 14.6. The van der Waals surface area contributed by atoms with E-state index in [1.54, 1.807) is 12.4 Å². The van der Waals surface area contributed by atoms with Gasteiger partial charge in [0.2, 0.25) is 0 Å². The molecule has 6 heteroatoms. The summed E-state index contributed by atoms with van der Waals surface area (Å²) in [6.45, 7) is 3.66. The highest BCUT2D eigenvalue weighted by Gasteiger charge is 2.19. The molecule has 0 unspecified atom stereocenters. The Balaban J connectivity index is 1.70. The van der Waals surface area contributed by atoms with Gasteiger partial charge in [0.15, 0.2) is 0 Å². The van der Waals surface area contributed by atoms with Gasteiger partial charge in [-0.25, -0.2) is 9.97 Å². The number of hydrogen-bond acceptors (Lipinski definition) is 4. The lowest BCUT2D eigenvalue weighted by Crippen LogP contribution is -2.36. The smallest absolute Gasteiger partial charge is 0.274 e. The predicted molar refractivity (Wildman–Crippen MR) is 93.9 cm³/mol. The van der Waals surface area contributed by atoms with Crippen LogP contribution in [0, 0.1) is 6.92 Å². The van der Waals surface area contributed by atoms with E-state index in [1.165, 1.54) is 6.42 Å². The number of nitrogens with zero attached hydrogens (tertiary/aromatic N) is 3. The van der Waals surface area contributed by atoms with Crippen molar-refractivity contribution < 1.29 is 4.79 Å². The molecule has 1 amide bonds. The molecule has 3 rings (SSSR count). The Hall–Kier alpha value is -1.95. The van der Waals surface area contributed by atoms with Crippen molar-refractivity contribution in [3.8, 4) is 0 Å². The number of nitrogens with one attached hydrogen (secondary N) is 1. The highest BCUT2D eigenvalue weighted by molar-refractivity contribution is 9.10.